The summed E-state index contributed by atoms with van der Waals surface area (Å²) in [5, 5.41) is 8.66. The molecule has 0 bridgehead atoms. The second-order valence-electron chi connectivity index (χ2n) is 7.88. The zero-order chi connectivity index (χ0) is 23.3. The topological polar surface area (TPSA) is 114 Å². The van der Waals surface area contributed by atoms with E-state index in [0.717, 1.165) is 12.8 Å². The standard InChI is InChI=1S/C21H32N6O3S2/c1-4-26(5-2)32(29,30)18-13-9-10-16(14-18)20-23-24-21(27(20)22)31-15-19(28)25(3)17-11-7-6-8-12-17/h9-10,13-14,17H,4-8,11-12,15,22H2,1-3H3. The number of carbonyl (C=O) groups excluding carboxylic acids is 1. The lowest BCUT2D eigenvalue weighted by Crippen LogP contribution is -2.39. The number of benzene rings is 1. The minimum Gasteiger partial charge on any atom is -0.342 e. The largest absolute Gasteiger partial charge is 0.342 e. The van der Waals surface area contributed by atoms with E-state index in [-0.39, 0.29) is 16.6 Å². The van der Waals surface area contributed by atoms with Crippen molar-refractivity contribution < 1.29 is 13.2 Å². The molecule has 176 valence electrons. The third kappa shape index (κ3) is 5.26. The molecule has 0 saturated heterocycles. The summed E-state index contributed by atoms with van der Waals surface area (Å²) in [6, 6.07) is 6.82. The highest BCUT2D eigenvalue weighted by atomic mass is 32.2. The van der Waals surface area contributed by atoms with E-state index >= 15 is 0 Å². The van der Waals surface area contributed by atoms with Gasteiger partial charge in [0.25, 0.3) is 0 Å². The molecule has 11 heteroatoms. The molecule has 1 aliphatic carbocycles. The lowest BCUT2D eigenvalue weighted by Gasteiger charge is -2.31. The maximum atomic E-state index is 12.8. The maximum Gasteiger partial charge on any atom is 0.243 e. The minimum atomic E-state index is -3.60. The smallest absolute Gasteiger partial charge is 0.243 e. The molecule has 1 aromatic carbocycles. The molecule has 1 aliphatic rings. The maximum absolute atomic E-state index is 12.8. The van der Waals surface area contributed by atoms with Gasteiger partial charge in [-0.1, -0.05) is 57.0 Å². The number of sulfonamides is 1. The molecule has 0 spiro atoms. The van der Waals surface area contributed by atoms with Gasteiger partial charge in [-0.05, 0) is 25.0 Å². The first-order valence-corrected chi connectivity index (χ1v) is 13.4. The van der Waals surface area contributed by atoms with Crippen molar-refractivity contribution in [2.75, 3.05) is 31.7 Å². The van der Waals surface area contributed by atoms with Crippen LogP contribution in [0.2, 0.25) is 0 Å². The molecule has 1 aromatic heterocycles. The molecule has 2 N–H and O–H groups in total. The molecule has 3 rings (SSSR count). The first kappa shape index (κ1) is 24.5. The average Bonchev–Trinajstić information content (AvgIpc) is 3.18. The van der Waals surface area contributed by atoms with Crippen molar-refractivity contribution in [3.8, 4) is 11.4 Å². The molecular formula is C21H32N6O3S2. The van der Waals surface area contributed by atoms with Crippen molar-refractivity contribution in [1.82, 2.24) is 24.1 Å². The van der Waals surface area contributed by atoms with E-state index < -0.39 is 10.0 Å². The Balaban J connectivity index is 1.73. The van der Waals surface area contributed by atoms with Crippen molar-refractivity contribution in [3.63, 3.8) is 0 Å². The van der Waals surface area contributed by atoms with Gasteiger partial charge in [0.1, 0.15) is 0 Å². The Bertz CT molecular complexity index is 1030. The van der Waals surface area contributed by atoms with Gasteiger partial charge in [0.15, 0.2) is 5.82 Å². The highest BCUT2D eigenvalue weighted by Gasteiger charge is 2.24. The van der Waals surface area contributed by atoms with E-state index in [1.165, 1.54) is 40.0 Å². The van der Waals surface area contributed by atoms with Crippen LogP contribution < -0.4 is 5.84 Å². The van der Waals surface area contributed by atoms with Gasteiger partial charge in [0.2, 0.25) is 21.1 Å². The number of hydrogen-bond donors (Lipinski definition) is 1. The number of thioether (sulfide) groups is 1. The van der Waals surface area contributed by atoms with Crippen molar-refractivity contribution in [3.05, 3.63) is 24.3 Å². The number of rotatable bonds is 9. The minimum absolute atomic E-state index is 0.0405. The zero-order valence-corrected chi connectivity index (χ0v) is 20.5. The van der Waals surface area contributed by atoms with E-state index in [1.807, 2.05) is 11.9 Å². The van der Waals surface area contributed by atoms with Crippen molar-refractivity contribution in [2.45, 2.75) is 62.0 Å². The van der Waals surface area contributed by atoms with E-state index in [4.69, 9.17) is 5.84 Å². The number of aromatic nitrogens is 3. The molecule has 1 fully saturated rings. The number of hydrogen-bond acceptors (Lipinski definition) is 7. The van der Waals surface area contributed by atoms with Gasteiger partial charge >= 0.3 is 0 Å². The fourth-order valence-corrected chi connectivity index (χ4v) is 6.27. The fourth-order valence-electron chi connectivity index (χ4n) is 3.98. The predicted molar refractivity (Wildman–Crippen MR) is 126 cm³/mol. The molecular weight excluding hydrogens is 448 g/mol. The Hall–Kier alpha value is -2.11. The van der Waals surface area contributed by atoms with Gasteiger partial charge in [0, 0.05) is 31.7 Å². The lowest BCUT2D eigenvalue weighted by atomic mass is 9.94. The predicted octanol–water partition coefficient (Wildman–Crippen LogP) is 2.57. The Kier molecular flexibility index (Phi) is 8.18. The Morgan fingerprint density at radius 2 is 1.88 bits per heavy atom. The van der Waals surface area contributed by atoms with E-state index in [0.29, 0.717) is 35.7 Å². The first-order valence-electron chi connectivity index (χ1n) is 11.0. The van der Waals surface area contributed by atoms with Crippen LogP contribution in [-0.2, 0) is 14.8 Å². The molecule has 1 saturated carbocycles. The molecule has 1 heterocycles. The molecule has 9 nitrogen and oxygen atoms in total. The monoisotopic (exact) mass is 480 g/mol. The van der Waals surface area contributed by atoms with Gasteiger partial charge in [-0.15, -0.1) is 10.2 Å². The second kappa shape index (κ2) is 10.7. The van der Waals surface area contributed by atoms with Crippen LogP contribution in [0.3, 0.4) is 0 Å². The summed E-state index contributed by atoms with van der Waals surface area (Å²) in [7, 11) is -1.74. The molecule has 2 aromatic rings. The summed E-state index contributed by atoms with van der Waals surface area (Å²) in [5.74, 6) is 6.80. The summed E-state index contributed by atoms with van der Waals surface area (Å²) in [6.45, 7) is 4.39. The van der Waals surface area contributed by atoms with Gasteiger partial charge in [0.05, 0.1) is 10.6 Å². The summed E-state index contributed by atoms with van der Waals surface area (Å²) in [5.41, 5.74) is 0.547. The molecule has 0 aliphatic heterocycles. The second-order valence-corrected chi connectivity index (χ2v) is 10.8. The summed E-state index contributed by atoms with van der Waals surface area (Å²) >= 11 is 1.23. The van der Waals surface area contributed by atoms with Crippen LogP contribution in [0, 0.1) is 0 Å². The third-order valence-corrected chi connectivity index (χ3v) is 8.91. The van der Waals surface area contributed by atoms with Gasteiger partial charge in [-0.2, -0.15) is 4.31 Å². The Morgan fingerprint density at radius 1 is 1.19 bits per heavy atom. The number of carbonyl (C=O) groups is 1. The van der Waals surface area contributed by atoms with Gasteiger partial charge < -0.3 is 10.7 Å². The number of nitrogens with zero attached hydrogens (tertiary/aromatic N) is 5. The van der Waals surface area contributed by atoms with Crippen LogP contribution in [0.25, 0.3) is 11.4 Å². The van der Waals surface area contributed by atoms with Crippen molar-refractivity contribution in [2.24, 2.45) is 0 Å². The Labute approximate surface area is 194 Å². The van der Waals surface area contributed by atoms with Gasteiger partial charge in [-0.25, -0.2) is 13.1 Å². The quantitative estimate of drug-likeness (QED) is 0.433. The Morgan fingerprint density at radius 3 is 2.53 bits per heavy atom. The molecule has 32 heavy (non-hydrogen) atoms. The number of amides is 1. The van der Waals surface area contributed by atoms with E-state index in [9.17, 15) is 13.2 Å². The molecule has 0 radical (unpaired) electrons. The first-order chi connectivity index (χ1) is 15.3. The summed E-state index contributed by atoms with van der Waals surface area (Å²) in [4.78, 5) is 14.6. The average molecular weight is 481 g/mol. The van der Waals surface area contributed by atoms with Gasteiger partial charge in [-0.3, -0.25) is 4.79 Å². The molecule has 0 unspecified atom stereocenters. The van der Waals surface area contributed by atoms with Crippen LogP contribution in [0.15, 0.2) is 34.3 Å². The number of nitrogens with two attached hydrogens (primary N) is 1. The van der Waals surface area contributed by atoms with Crippen LogP contribution in [0.4, 0.5) is 0 Å². The molecule has 1 amide bonds. The summed E-state index contributed by atoms with van der Waals surface area (Å²) in [6.07, 6.45) is 5.68. The molecule has 0 atom stereocenters. The highest BCUT2D eigenvalue weighted by molar-refractivity contribution is 7.99. The number of nitrogen functional groups attached to an aromatic ring is 1. The van der Waals surface area contributed by atoms with Crippen LogP contribution in [0.1, 0.15) is 46.0 Å². The van der Waals surface area contributed by atoms with E-state index in [2.05, 4.69) is 10.2 Å². The normalized spacial score (nSPS) is 15.2. The van der Waals surface area contributed by atoms with E-state index in [1.54, 1.807) is 38.1 Å². The van der Waals surface area contributed by atoms with Crippen molar-refractivity contribution >= 4 is 27.7 Å². The van der Waals surface area contributed by atoms with Crippen LogP contribution in [0.5, 0.6) is 0 Å². The zero-order valence-electron chi connectivity index (χ0n) is 18.9. The SMILES string of the molecule is CCN(CC)S(=O)(=O)c1cccc(-c2nnc(SCC(=O)N(C)C3CCCCC3)n2N)c1. The summed E-state index contributed by atoms with van der Waals surface area (Å²) < 4.78 is 28.4. The van der Waals surface area contributed by atoms with Crippen molar-refractivity contribution in [1.29, 1.82) is 0 Å². The lowest BCUT2D eigenvalue weighted by molar-refractivity contribution is -0.129. The third-order valence-electron chi connectivity index (χ3n) is 5.94. The highest BCUT2D eigenvalue weighted by Crippen LogP contribution is 2.26. The van der Waals surface area contributed by atoms with Crippen LogP contribution in [-0.4, -0.2) is 70.3 Å². The van der Waals surface area contributed by atoms with Crippen LogP contribution >= 0.6 is 11.8 Å². The fraction of sp³-hybridized carbons (Fsp3) is 0.571.